The van der Waals surface area contributed by atoms with Gasteiger partial charge in [-0.15, -0.1) is 0 Å². The fourth-order valence-electron chi connectivity index (χ4n) is 2.44. The van der Waals surface area contributed by atoms with Gasteiger partial charge in [0, 0.05) is 25.3 Å². The Morgan fingerprint density at radius 3 is 2.85 bits per heavy atom. The van der Waals surface area contributed by atoms with Crippen LogP contribution in [0.4, 0.5) is 19.0 Å². The van der Waals surface area contributed by atoms with Crippen molar-refractivity contribution in [1.82, 2.24) is 9.88 Å². The van der Waals surface area contributed by atoms with Crippen LogP contribution < -0.4 is 5.32 Å². The van der Waals surface area contributed by atoms with E-state index in [2.05, 4.69) is 24.1 Å². The summed E-state index contributed by atoms with van der Waals surface area (Å²) in [6.07, 6.45) is -1.67. The zero-order valence-electron chi connectivity index (χ0n) is 11.7. The van der Waals surface area contributed by atoms with E-state index in [0.717, 1.165) is 5.82 Å². The molecule has 0 spiro atoms. The molecule has 0 saturated carbocycles. The molecule has 1 aromatic rings. The molecule has 20 heavy (non-hydrogen) atoms. The van der Waals surface area contributed by atoms with Crippen LogP contribution in [0, 0.1) is 0 Å². The summed E-state index contributed by atoms with van der Waals surface area (Å²) in [5.41, 5.74) is 1.17. The Labute approximate surface area is 117 Å². The number of likely N-dealkylation sites (tertiary alicyclic amines) is 1. The van der Waals surface area contributed by atoms with Gasteiger partial charge in [0.25, 0.3) is 0 Å². The van der Waals surface area contributed by atoms with Crippen molar-refractivity contribution >= 4 is 5.82 Å². The highest BCUT2D eigenvalue weighted by molar-refractivity contribution is 5.39. The van der Waals surface area contributed by atoms with Gasteiger partial charge in [-0.3, -0.25) is 4.90 Å². The number of nitrogens with one attached hydrogen (secondary N) is 1. The van der Waals surface area contributed by atoms with Crippen molar-refractivity contribution < 1.29 is 13.2 Å². The Morgan fingerprint density at radius 1 is 1.45 bits per heavy atom. The number of nitrogens with zero attached hydrogens (tertiary/aromatic N) is 2. The third kappa shape index (κ3) is 4.37. The second-order valence-electron chi connectivity index (χ2n) is 5.61. The summed E-state index contributed by atoms with van der Waals surface area (Å²) in [4.78, 5) is 5.67. The largest absolute Gasteiger partial charge is 0.401 e. The summed E-state index contributed by atoms with van der Waals surface area (Å²) in [6, 6.07) is 3.96. The van der Waals surface area contributed by atoms with E-state index >= 15 is 0 Å². The third-order valence-corrected chi connectivity index (χ3v) is 3.48. The molecule has 112 valence electrons. The van der Waals surface area contributed by atoms with Crippen molar-refractivity contribution in [2.45, 2.75) is 38.4 Å². The van der Waals surface area contributed by atoms with Gasteiger partial charge in [0.2, 0.25) is 0 Å². The number of anilines is 1. The minimum atomic E-state index is -4.12. The van der Waals surface area contributed by atoms with Crippen molar-refractivity contribution in [1.29, 1.82) is 0 Å². The van der Waals surface area contributed by atoms with Gasteiger partial charge in [-0.25, -0.2) is 4.98 Å². The molecule has 0 amide bonds. The first-order chi connectivity index (χ1) is 9.33. The van der Waals surface area contributed by atoms with Gasteiger partial charge >= 0.3 is 6.18 Å². The average Bonchev–Trinajstić information content (AvgIpc) is 2.74. The van der Waals surface area contributed by atoms with Crippen LogP contribution in [0.25, 0.3) is 0 Å². The van der Waals surface area contributed by atoms with Crippen molar-refractivity contribution in [3.63, 3.8) is 0 Å². The van der Waals surface area contributed by atoms with E-state index in [1.807, 2.05) is 12.1 Å². The molecule has 3 nitrogen and oxygen atoms in total. The van der Waals surface area contributed by atoms with E-state index < -0.39 is 12.7 Å². The van der Waals surface area contributed by atoms with Gasteiger partial charge < -0.3 is 5.32 Å². The van der Waals surface area contributed by atoms with Crippen molar-refractivity contribution in [2.24, 2.45) is 0 Å². The lowest BCUT2D eigenvalue weighted by molar-refractivity contribution is -0.143. The average molecular weight is 287 g/mol. The molecule has 1 fully saturated rings. The zero-order valence-corrected chi connectivity index (χ0v) is 11.7. The summed E-state index contributed by atoms with van der Waals surface area (Å²) in [5.74, 6) is 1.15. The molecular weight excluding hydrogens is 267 g/mol. The monoisotopic (exact) mass is 287 g/mol. The van der Waals surface area contributed by atoms with Gasteiger partial charge in [-0.2, -0.15) is 13.2 Å². The minimum absolute atomic E-state index is 0.0345. The Hall–Kier alpha value is -1.30. The lowest BCUT2D eigenvalue weighted by Crippen LogP contribution is -2.34. The molecule has 1 aromatic heterocycles. The van der Waals surface area contributed by atoms with Gasteiger partial charge in [-0.05, 0) is 30.0 Å². The number of hydrogen-bond acceptors (Lipinski definition) is 3. The van der Waals surface area contributed by atoms with Crippen LogP contribution >= 0.6 is 0 Å². The molecule has 1 unspecified atom stereocenters. The van der Waals surface area contributed by atoms with Crippen LogP contribution in [0.2, 0.25) is 0 Å². The normalized spacial score (nSPS) is 20.6. The highest BCUT2D eigenvalue weighted by Crippen LogP contribution is 2.22. The highest BCUT2D eigenvalue weighted by atomic mass is 19.4. The van der Waals surface area contributed by atoms with Crippen molar-refractivity contribution in [2.75, 3.05) is 25.0 Å². The topological polar surface area (TPSA) is 28.2 Å². The van der Waals surface area contributed by atoms with Gasteiger partial charge in [0.05, 0.1) is 6.54 Å². The van der Waals surface area contributed by atoms with Crippen molar-refractivity contribution in [3.05, 3.63) is 23.9 Å². The lowest BCUT2D eigenvalue weighted by atomic mass is 10.1. The van der Waals surface area contributed by atoms with Gasteiger partial charge in [0.1, 0.15) is 5.82 Å². The Kier molecular flexibility index (Phi) is 4.52. The van der Waals surface area contributed by atoms with E-state index in [4.69, 9.17) is 0 Å². The lowest BCUT2D eigenvalue weighted by Gasteiger charge is -2.18. The van der Waals surface area contributed by atoms with Gasteiger partial charge in [-0.1, -0.05) is 13.8 Å². The quantitative estimate of drug-likeness (QED) is 0.921. The second-order valence-corrected chi connectivity index (χ2v) is 5.61. The SMILES string of the molecule is CC(C)c1ccnc(NC2CCN(CC(F)(F)F)C2)c1. The van der Waals surface area contributed by atoms with Crippen LogP contribution in [0.3, 0.4) is 0 Å². The third-order valence-electron chi connectivity index (χ3n) is 3.48. The first kappa shape index (κ1) is 15.1. The number of hydrogen-bond donors (Lipinski definition) is 1. The maximum absolute atomic E-state index is 12.3. The first-order valence-corrected chi connectivity index (χ1v) is 6.85. The molecule has 1 aliphatic heterocycles. The van der Waals surface area contributed by atoms with E-state index in [9.17, 15) is 13.2 Å². The smallest absolute Gasteiger partial charge is 0.366 e. The molecule has 1 atom stereocenters. The van der Waals surface area contributed by atoms with E-state index in [1.165, 1.54) is 10.5 Å². The van der Waals surface area contributed by atoms with Crippen LogP contribution in [-0.2, 0) is 0 Å². The minimum Gasteiger partial charge on any atom is -0.366 e. The fraction of sp³-hybridized carbons (Fsp3) is 0.643. The molecular formula is C14H20F3N3. The molecule has 1 N–H and O–H groups in total. The summed E-state index contributed by atoms with van der Waals surface area (Å²) in [6.45, 7) is 4.25. The van der Waals surface area contributed by atoms with Crippen molar-refractivity contribution in [3.8, 4) is 0 Å². The maximum Gasteiger partial charge on any atom is 0.401 e. The molecule has 0 radical (unpaired) electrons. The van der Waals surface area contributed by atoms with Crippen LogP contribution in [-0.4, -0.2) is 41.7 Å². The molecule has 0 aromatic carbocycles. The molecule has 2 heterocycles. The summed E-state index contributed by atoms with van der Waals surface area (Å²) in [7, 11) is 0. The van der Waals surface area contributed by atoms with E-state index in [-0.39, 0.29) is 6.04 Å². The Bertz CT molecular complexity index is 446. The zero-order chi connectivity index (χ0) is 14.8. The Morgan fingerprint density at radius 2 is 2.20 bits per heavy atom. The van der Waals surface area contributed by atoms with Gasteiger partial charge in [0.15, 0.2) is 0 Å². The molecule has 0 aliphatic carbocycles. The molecule has 6 heteroatoms. The van der Waals surface area contributed by atoms with Crippen LogP contribution in [0.5, 0.6) is 0 Å². The molecule has 1 saturated heterocycles. The number of halogens is 3. The van der Waals surface area contributed by atoms with E-state index in [1.54, 1.807) is 6.20 Å². The molecule has 0 bridgehead atoms. The van der Waals surface area contributed by atoms with Crippen LogP contribution in [0.15, 0.2) is 18.3 Å². The molecule has 2 rings (SSSR count). The number of alkyl halides is 3. The highest BCUT2D eigenvalue weighted by Gasteiger charge is 2.34. The molecule has 1 aliphatic rings. The summed E-state index contributed by atoms with van der Waals surface area (Å²) >= 11 is 0. The first-order valence-electron chi connectivity index (χ1n) is 6.85. The number of pyridine rings is 1. The predicted octanol–water partition coefficient (Wildman–Crippen LogP) is 3.25. The fourth-order valence-corrected chi connectivity index (χ4v) is 2.44. The standard InChI is InChI=1S/C14H20F3N3/c1-10(2)11-3-5-18-13(7-11)19-12-4-6-20(8-12)9-14(15,16)17/h3,5,7,10,12H,4,6,8-9H2,1-2H3,(H,18,19). The van der Waals surface area contributed by atoms with Crippen LogP contribution in [0.1, 0.15) is 31.7 Å². The predicted molar refractivity (Wildman–Crippen MR) is 72.8 cm³/mol. The number of rotatable bonds is 4. The Balaban J connectivity index is 1.90. The second kappa shape index (κ2) is 5.99. The summed E-state index contributed by atoms with van der Waals surface area (Å²) in [5, 5.41) is 3.23. The maximum atomic E-state index is 12.3. The van der Waals surface area contributed by atoms with E-state index in [0.29, 0.717) is 25.4 Å². The summed E-state index contributed by atoms with van der Waals surface area (Å²) < 4.78 is 37.0. The number of aromatic nitrogens is 1.